The lowest BCUT2D eigenvalue weighted by molar-refractivity contribution is 0.0983. The molecule has 1 saturated heterocycles. The van der Waals surface area contributed by atoms with Gasteiger partial charge in [0.15, 0.2) is 9.84 Å². The molecule has 5 heteroatoms. The molecule has 0 aliphatic carbocycles. The Morgan fingerprint density at radius 2 is 1.95 bits per heavy atom. The number of benzene rings is 1. The minimum absolute atomic E-state index is 0.0158. The first-order valence-corrected chi connectivity index (χ1v) is 8.74. The first-order valence-electron chi connectivity index (χ1n) is 7.02. The van der Waals surface area contributed by atoms with Crippen molar-refractivity contribution in [2.24, 2.45) is 5.73 Å². The first-order chi connectivity index (χ1) is 9.40. The zero-order valence-electron chi connectivity index (χ0n) is 12.1. The maximum atomic E-state index is 12.4. The van der Waals surface area contributed by atoms with Crippen molar-refractivity contribution in [1.82, 2.24) is 0 Å². The Labute approximate surface area is 121 Å². The molecular weight excluding hydrogens is 274 g/mol. The number of sulfone groups is 1. The monoisotopic (exact) mass is 297 g/mol. The summed E-state index contributed by atoms with van der Waals surface area (Å²) >= 11 is 0. The Balaban J connectivity index is 2.13. The fourth-order valence-corrected chi connectivity index (χ4v) is 4.53. The van der Waals surface area contributed by atoms with Crippen LogP contribution >= 0.6 is 0 Å². The molecule has 0 bridgehead atoms. The average Bonchev–Trinajstić information content (AvgIpc) is 2.42. The van der Waals surface area contributed by atoms with Gasteiger partial charge in [0, 0.05) is 19.3 Å². The predicted octanol–water partition coefficient (Wildman–Crippen LogP) is 1.90. The van der Waals surface area contributed by atoms with Gasteiger partial charge >= 0.3 is 0 Å². The lowest BCUT2D eigenvalue weighted by Gasteiger charge is -2.24. The predicted molar refractivity (Wildman–Crippen MR) is 80.5 cm³/mol. The van der Waals surface area contributed by atoms with Crippen LogP contribution < -0.4 is 5.73 Å². The van der Waals surface area contributed by atoms with Crippen LogP contribution in [0.3, 0.4) is 0 Å². The van der Waals surface area contributed by atoms with Gasteiger partial charge in [0.1, 0.15) is 0 Å². The second kappa shape index (κ2) is 6.24. The Hall–Kier alpha value is -0.910. The largest absolute Gasteiger partial charge is 0.381 e. The molecule has 0 amide bonds. The fourth-order valence-electron chi connectivity index (χ4n) is 2.67. The third kappa shape index (κ3) is 3.59. The lowest BCUT2D eigenvalue weighted by Crippen LogP contribution is -2.34. The van der Waals surface area contributed by atoms with Crippen LogP contribution in [0.5, 0.6) is 0 Å². The zero-order chi connectivity index (χ0) is 14.8. The van der Waals surface area contributed by atoms with Crippen molar-refractivity contribution in [2.45, 2.75) is 38.0 Å². The van der Waals surface area contributed by atoms with Gasteiger partial charge in [-0.25, -0.2) is 8.42 Å². The van der Waals surface area contributed by atoms with E-state index in [9.17, 15) is 8.42 Å². The quantitative estimate of drug-likeness (QED) is 0.921. The van der Waals surface area contributed by atoms with Gasteiger partial charge in [-0.1, -0.05) is 23.8 Å². The summed E-state index contributed by atoms with van der Waals surface area (Å²) in [4.78, 5) is 0. The molecule has 112 valence electrons. The van der Waals surface area contributed by atoms with Gasteiger partial charge in [-0.05, 0) is 37.8 Å². The van der Waals surface area contributed by atoms with Crippen molar-refractivity contribution in [1.29, 1.82) is 0 Å². The minimum Gasteiger partial charge on any atom is -0.381 e. The number of hydrogen-bond acceptors (Lipinski definition) is 4. The summed E-state index contributed by atoms with van der Waals surface area (Å²) < 4.78 is 30.1. The molecule has 1 aromatic rings. The van der Waals surface area contributed by atoms with Gasteiger partial charge in [0.2, 0.25) is 0 Å². The lowest BCUT2D eigenvalue weighted by atomic mass is 10.0. The molecule has 0 radical (unpaired) electrons. The number of aryl methyl sites for hydroxylation is 2. The Bertz CT molecular complexity index is 562. The van der Waals surface area contributed by atoms with Crippen molar-refractivity contribution >= 4 is 9.84 Å². The van der Waals surface area contributed by atoms with Crippen LogP contribution in [0.2, 0.25) is 0 Å². The summed E-state index contributed by atoms with van der Waals surface area (Å²) in [5.74, 6) is 0.0158. The van der Waals surface area contributed by atoms with Gasteiger partial charge in [0.25, 0.3) is 0 Å². The Morgan fingerprint density at radius 1 is 1.30 bits per heavy atom. The van der Waals surface area contributed by atoms with Gasteiger partial charge in [-0.15, -0.1) is 0 Å². The van der Waals surface area contributed by atoms with Crippen LogP contribution in [0.15, 0.2) is 18.2 Å². The van der Waals surface area contributed by atoms with Crippen LogP contribution in [0.1, 0.15) is 35.6 Å². The second-order valence-corrected chi connectivity index (χ2v) is 7.93. The zero-order valence-corrected chi connectivity index (χ0v) is 12.9. The molecule has 4 nitrogen and oxygen atoms in total. The van der Waals surface area contributed by atoms with E-state index in [1.54, 1.807) is 0 Å². The highest BCUT2D eigenvalue weighted by atomic mass is 32.2. The fraction of sp³-hybridized carbons (Fsp3) is 0.600. The molecule has 2 N–H and O–H groups in total. The molecule has 0 aromatic heterocycles. The summed E-state index contributed by atoms with van der Waals surface area (Å²) in [7, 11) is -3.17. The third-order valence-electron chi connectivity index (χ3n) is 3.92. The highest BCUT2D eigenvalue weighted by Crippen LogP contribution is 2.23. The number of ether oxygens (including phenoxy) is 1. The van der Waals surface area contributed by atoms with Crippen molar-refractivity contribution in [3.05, 3.63) is 34.9 Å². The molecule has 0 spiro atoms. The highest BCUT2D eigenvalue weighted by molar-refractivity contribution is 7.92. The second-order valence-electron chi connectivity index (χ2n) is 5.61. The third-order valence-corrected chi connectivity index (χ3v) is 6.23. The maximum absolute atomic E-state index is 12.4. The summed E-state index contributed by atoms with van der Waals surface area (Å²) in [6.07, 6.45) is 1.17. The van der Waals surface area contributed by atoms with Crippen LogP contribution in [-0.2, 0) is 14.6 Å². The smallest absolute Gasteiger partial charge is 0.155 e. The van der Waals surface area contributed by atoms with E-state index < -0.39 is 15.9 Å². The number of rotatable bonds is 4. The SMILES string of the molecule is Cc1ccc(C)c(C(N)CS(=O)(=O)C2CCOCC2)c1. The maximum Gasteiger partial charge on any atom is 0.155 e. The van der Waals surface area contributed by atoms with E-state index in [-0.39, 0.29) is 11.0 Å². The van der Waals surface area contributed by atoms with E-state index in [0.717, 1.165) is 16.7 Å². The van der Waals surface area contributed by atoms with E-state index in [2.05, 4.69) is 0 Å². The minimum atomic E-state index is -3.17. The summed E-state index contributed by atoms with van der Waals surface area (Å²) in [5, 5.41) is -0.299. The van der Waals surface area contributed by atoms with Crippen LogP contribution in [-0.4, -0.2) is 32.6 Å². The molecule has 1 aliphatic heterocycles. The molecule has 1 fully saturated rings. The first kappa shape index (κ1) is 15.5. The van der Waals surface area contributed by atoms with Crippen LogP contribution in [0.4, 0.5) is 0 Å². The van der Waals surface area contributed by atoms with Crippen molar-refractivity contribution in [2.75, 3.05) is 19.0 Å². The molecule has 1 atom stereocenters. The molecule has 20 heavy (non-hydrogen) atoms. The number of hydrogen-bond donors (Lipinski definition) is 1. The average molecular weight is 297 g/mol. The standard InChI is InChI=1S/C15H23NO3S/c1-11-3-4-12(2)14(9-11)15(16)10-20(17,18)13-5-7-19-8-6-13/h3-4,9,13,15H,5-8,10,16H2,1-2H3. The normalized spacial score (nSPS) is 18.9. The van der Waals surface area contributed by atoms with Crippen molar-refractivity contribution < 1.29 is 13.2 Å². The van der Waals surface area contributed by atoms with Gasteiger partial charge in [-0.3, -0.25) is 0 Å². The topological polar surface area (TPSA) is 69.4 Å². The molecule has 1 aliphatic rings. The van der Waals surface area contributed by atoms with E-state index in [0.29, 0.717) is 26.1 Å². The van der Waals surface area contributed by atoms with Crippen molar-refractivity contribution in [3.8, 4) is 0 Å². The van der Waals surface area contributed by atoms with E-state index in [1.807, 2.05) is 32.0 Å². The highest BCUT2D eigenvalue weighted by Gasteiger charge is 2.30. The Morgan fingerprint density at radius 3 is 2.60 bits per heavy atom. The molecule has 0 saturated carbocycles. The number of nitrogens with two attached hydrogens (primary N) is 1. The van der Waals surface area contributed by atoms with Crippen LogP contribution in [0.25, 0.3) is 0 Å². The van der Waals surface area contributed by atoms with Gasteiger partial charge in [-0.2, -0.15) is 0 Å². The van der Waals surface area contributed by atoms with E-state index in [1.165, 1.54) is 0 Å². The molecule has 1 heterocycles. The van der Waals surface area contributed by atoms with E-state index in [4.69, 9.17) is 10.5 Å². The van der Waals surface area contributed by atoms with E-state index >= 15 is 0 Å². The summed E-state index contributed by atoms with van der Waals surface area (Å²) in [6, 6.07) is 5.53. The van der Waals surface area contributed by atoms with Gasteiger partial charge < -0.3 is 10.5 Å². The molecule has 1 unspecified atom stereocenters. The molecule has 1 aromatic carbocycles. The van der Waals surface area contributed by atoms with Crippen LogP contribution in [0, 0.1) is 13.8 Å². The van der Waals surface area contributed by atoms with Gasteiger partial charge in [0.05, 0.1) is 11.0 Å². The van der Waals surface area contributed by atoms with Crippen molar-refractivity contribution in [3.63, 3.8) is 0 Å². The molecular formula is C15H23NO3S. The Kier molecular flexibility index (Phi) is 4.83. The summed E-state index contributed by atoms with van der Waals surface area (Å²) in [6.45, 7) is 5.02. The molecule has 2 rings (SSSR count). The summed E-state index contributed by atoms with van der Waals surface area (Å²) in [5.41, 5.74) is 9.23.